The molecule has 4 saturated carbocycles. The lowest BCUT2D eigenvalue weighted by atomic mass is 9.61. The van der Waals surface area contributed by atoms with Crippen molar-refractivity contribution in [2.45, 2.75) is 282 Å². The van der Waals surface area contributed by atoms with Crippen LogP contribution in [0.25, 0.3) is 11.0 Å². The Hall–Kier alpha value is -7.85. The Kier molecular flexibility index (Phi) is 21.7. The summed E-state index contributed by atoms with van der Waals surface area (Å²) in [5.74, 6) is 7.56. The number of ether oxygens (including phenoxy) is 7. The summed E-state index contributed by atoms with van der Waals surface area (Å²) in [6, 6.07) is 46.7. The zero-order chi connectivity index (χ0) is 77.1. The molecule has 10 aliphatic rings. The van der Waals surface area contributed by atoms with E-state index in [-0.39, 0.29) is 43.3 Å². The maximum absolute atomic E-state index is 12.1. The minimum Gasteiger partial charge on any atom is -0.493 e. The van der Waals surface area contributed by atoms with Crippen LogP contribution in [0.2, 0.25) is 0 Å². The Morgan fingerprint density at radius 3 is 1.14 bits per heavy atom. The van der Waals surface area contributed by atoms with Crippen LogP contribution in [-0.4, -0.2) is 53.4 Å². The van der Waals surface area contributed by atoms with Crippen molar-refractivity contribution < 1.29 is 37.6 Å². The summed E-state index contributed by atoms with van der Waals surface area (Å²) in [6.45, 7) is 52.1. The van der Waals surface area contributed by atoms with E-state index >= 15 is 0 Å². The molecule has 107 heavy (non-hydrogen) atoms. The van der Waals surface area contributed by atoms with Crippen molar-refractivity contribution in [2.75, 3.05) is 58.3 Å². The van der Waals surface area contributed by atoms with Gasteiger partial charge in [0.1, 0.15) is 40.9 Å². The highest BCUT2D eigenvalue weighted by Gasteiger charge is 2.52. The van der Waals surface area contributed by atoms with Gasteiger partial charge in [-0.15, -0.1) is 0 Å². The summed E-state index contributed by atoms with van der Waals surface area (Å²) in [5.41, 5.74) is 19.2. The van der Waals surface area contributed by atoms with Crippen molar-refractivity contribution in [3.05, 3.63) is 211 Å². The highest BCUT2D eigenvalue weighted by atomic mass is 16.7. The van der Waals surface area contributed by atoms with Gasteiger partial charge in [0.2, 0.25) is 6.79 Å². The third-order valence-corrected chi connectivity index (χ3v) is 24.2. The lowest BCUT2D eigenvalue weighted by molar-refractivity contribution is 0.141. The average molecular weight is 1450 g/mol. The van der Waals surface area contributed by atoms with Crippen LogP contribution >= 0.6 is 0 Å². The molecule has 0 N–H and O–H groups in total. The topological polar surface area (TPSA) is 98.1 Å². The second-order valence-electron chi connectivity index (χ2n) is 39.5. The van der Waals surface area contributed by atoms with Gasteiger partial charge in [0.15, 0.2) is 16.9 Å². The summed E-state index contributed by atoms with van der Waals surface area (Å²) in [5, 5.41) is 0.657. The van der Waals surface area contributed by atoms with Gasteiger partial charge < -0.3 is 42.5 Å². The normalized spacial score (nSPS) is 18.5. The number of anilines is 1. The summed E-state index contributed by atoms with van der Waals surface area (Å²) in [6.07, 6.45) is 17.4. The van der Waals surface area contributed by atoms with E-state index in [1.165, 1.54) is 161 Å². The molecule has 8 aromatic rings. The molecule has 0 atom stereocenters. The highest BCUT2D eigenvalue weighted by molar-refractivity contribution is 5.77. The van der Waals surface area contributed by atoms with Crippen LogP contribution in [0.1, 0.15) is 284 Å². The van der Waals surface area contributed by atoms with Crippen molar-refractivity contribution in [2.24, 2.45) is 0 Å². The van der Waals surface area contributed by atoms with Crippen LogP contribution in [0, 0.1) is 0 Å². The number of nitrogens with zero attached hydrogens (tertiary/aromatic N) is 1. The molecular weight excluding hydrogens is 1320 g/mol. The molecule has 4 aliphatic carbocycles. The third-order valence-electron chi connectivity index (χ3n) is 24.2. The number of hydrogen-bond donors (Lipinski definition) is 0. The van der Waals surface area contributed by atoms with Crippen LogP contribution in [-0.2, 0) is 59.6 Å². The van der Waals surface area contributed by atoms with Gasteiger partial charge >= 0.3 is 0 Å². The van der Waals surface area contributed by atoms with E-state index in [1.54, 1.807) is 12.3 Å². The summed E-state index contributed by atoms with van der Waals surface area (Å²) in [4.78, 5) is 14.4. The molecule has 0 amide bonds. The standard InChI is InChI=1S/C16H22O.2C15H20O.C14H18O.C13H19NO.C13H14O2.C11H14O2/c1-15(2,3)12-6-4-7-13-14(12)17-11-10-16(13)8-5-9-16;1-14(2,3)11-6-4-7-12-13(11)16-10-15(12)8-5-9-15;1-14(2,3)11-5-4-6-12-13(11)16-10-9-15(12)7-8-15;1-13(2,3)10-5-4-6-11-12(10)15-9-14(11)7-8-14;1-13(2,3)10-6-5-7-11-12(10)15-9-8-14(11)4;1-13(2,3)10-8-15-11-7-5-4-6-9(11)12(10)14;1-11(2,3)8-4-5-9-10(6-8)13-7-12-9/h4,6-7H,5,8-11H2,1-3H3;4,6-7H,5,8-10H2,1-3H3;4-6H,7-10H2,1-3H3;4-6H,7-9H2,1-3H3;5-7H,8-9H2,1-4H3;4-8H,1-3H3;4-6H,7H2,1-3H3. The van der Waals surface area contributed by atoms with Gasteiger partial charge in [-0.1, -0.05) is 261 Å². The summed E-state index contributed by atoms with van der Waals surface area (Å²) in [7, 11) is 2.12. The smallest absolute Gasteiger partial charge is 0.231 e. The molecule has 7 heterocycles. The molecule has 4 fully saturated rings. The summed E-state index contributed by atoms with van der Waals surface area (Å²) >= 11 is 0. The first kappa shape index (κ1) is 78.7. The number of hydrogen-bond acceptors (Lipinski definition) is 10. The molecule has 574 valence electrons. The third kappa shape index (κ3) is 16.7. The van der Waals surface area contributed by atoms with Gasteiger partial charge in [0, 0.05) is 62.1 Å². The van der Waals surface area contributed by atoms with Crippen molar-refractivity contribution >= 4 is 16.7 Å². The van der Waals surface area contributed by atoms with Crippen LogP contribution in [0.15, 0.2) is 149 Å². The predicted molar refractivity (Wildman–Crippen MR) is 441 cm³/mol. The molecule has 18 rings (SSSR count). The van der Waals surface area contributed by atoms with Gasteiger partial charge in [-0.2, -0.15) is 0 Å². The van der Waals surface area contributed by atoms with E-state index in [0.717, 1.165) is 62.4 Å². The fraction of sp³-hybridized carbons (Fsp3) is 0.536. The van der Waals surface area contributed by atoms with Crippen molar-refractivity contribution in [3.8, 4) is 40.2 Å². The minimum atomic E-state index is -0.176. The van der Waals surface area contributed by atoms with E-state index in [9.17, 15) is 4.79 Å². The Morgan fingerprint density at radius 2 is 0.720 bits per heavy atom. The van der Waals surface area contributed by atoms with Crippen molar-refractivity contribution in [1.82, 2.24) is 0 Å². The Morgan fingerprint density at radius 1 is 0.336 bits per heavy atom. The van der Waals surface area contributed by atoms with Gasteiger partial charge in [-0.05, 0) is 160 Å². The van der Waals surface area contributed by atoms with Crippen LogP contribution < -0.4 is 43.5 Å². The average Bonchev–Trinajstić information content (AvgIpc) is 1.26. The number of rotatable bonds is 0. The Balaban J connectivity index is 0.000000117. The van der Waals surface area contributed by atoms with E-state index in [0.29, 0.717) is 39.4 Å². The molecule has 1 aromatic heterocycles. The first-order valence-electron chi connectivity index (χ1n) is 40.1. The quantitative estimate of drug-likeness (QED) is 0.146. The van der Waals surface area contributed by atoms with E-state index in [1.807, 2.05) is 45.0 Å². The SMILES string of the molecule is CC(C)(C)c1ccc2c(c1)OCO2.CC(C)(C)c1cccc2c1OCC21CC1.CC(C)(C)c1cccc2c1OCC21CCC1.CC(C)(C)c1cccc2c1OCCC21CC1.CC(C)(C)c1cccc2c1OCCC21CCC1.CC(C)(C)c1coc2ccccc2c1=O.CN1CCOc2c1cccc2C(C)(C)C. The zero-order valence-electron chi connectivity index (χ0n) is 69.3. The lowest BCUT2D eigenvalue weighted by Gasteiger charge is -2.47. The maximum Gasteiger partial charge on any atom is 0.231 e. The fourth-order valence-corrected chi connectivity index (χ4v) is 16.7. The summed E-state index contributed by atoms with van der Waals surface area (Å²) < 4.78 is 45.7. The number of para-hydroxylation sites is 6. The van der Waals surface area contributed by atoms with Crippen LogP contribution in [0.4, 0.5) is 5.69 Å². The molecule has 10 nitrogen and oxygen atoms in total. The number of fused-ring (bicyclic) bond motifs is 11. The molecule has 6 aliphatic heterocycles. The second kappa shape index (κ2) is 29.5. The monoisotopic (exact) mass is 1450 g/mol. The van der Waals surface area contributed by atoms with Crippen molar-refractivity contribution in [3.63, 3.8) is 0 Å². The first-order valence-corrected chi connectivity index (χ1v) is 40.1. The van der Waals surface area contributed by atoms with E-state index < -0.39 is 0 Å². The molecule has 0 bridgehead atoms. The van der Waals surface area contributed by atoms with Gasteiger partial charge in [-0.3, -0.25) is 4.79 Å². The molecule has 0 radical (unpaired) electrons. The number of benzene rings is 7. The predicted octanol–water partition coefficient (Wildman–Crippen LogP) is 23.8. The minimum absolute atomic E-state index is 0.0735. The lowest BCUT2D eigenvalue weighted by Crippen LogP contribution is -2.39. The first-order chi connectivity index (χ1) is 50.2. The maximum atomic E-state index is 12.1. The van der Waals surface area contributed by atoms with E-state index in [2.05, 4.69) is 240 Å². The van der Waals surface area contributed by atoms with E-state index in [4.69, 9.17) is 37.6 Å². The van der Waals surface area contributed by atoms with Gasteiger partial charge in [0.25, 0.3) is 0 Å². The molecule has 10 heteroatoms. The van der Waals surface area contributed by atoms with Gasteiger partial charge in [0.05, 0.1) is 50.3 Å². The molecule has 0 saturated heterocycles. The van der Waals surface area contributed by atoms with Gasteiger partial charge in [-0.25, -0.2) is 0 Å². The second-order valence-corrected chi connectivity index (χ2v) is 39.5. The van der Waals surface area contributed by atoms with Crippen molar-refractivity contribution in [1.29, 1.82) is 0 Å². The van der Waals surface area contributed by atoms with Crippen LogP contribution in [0.3, 0.4) is 0 Å². The largest absolute Gasteiger partial charge is 0.493 e. The van der Waals surface area contributed by atoms with Crippen LogP contribution in [0.5, 0.6) is 40.2 Å². The molecular formula is C97H127NO9. The Labute approximate surface area is 642 Å². The Bertz CT molecular complexity index is 4500. The zero-order valence-corrected chi connectivity index (χ0v) is 69.3. The number of likely N-dealkylation sites (N-methyl/N-ethyl adjacent to an activating group) is 1. The molecule has 7 aromatic carbocycles. The highest BCUT2D eigenvalue weighted by Crippen LogP contribution is 2.60. The molecule has 0 unspecified atom stereocenters. The molecule has 4 spiro atoms. The fourth-order valence-electron chi connectivity index (χ4n) is 16.7.